The van der Waals surface area contributed by atoms with E-state index >= 15 is 0 Å². The number of fused-ring (bicyclic) bond motifs is 2. The first kappa shape index (κ1) is 21.4. The maximum Gasteiger partial charge on any atom is 0.306 e. The Kier molecular flexibility index (Phi) is 5.17. The predicted octanol–water partition coefficient (Wildman–Crippen LogP) is 5.82. The van der Waals surface area contributed by atoms with Crippen molar-refractivity contribution in [1.29, 1.82) is 0 Å². The molecule has 3 heterocycles. The zero-order valence-electron chi connectivity index (χ0n) is 19.2. The van der Waals surface area contributed by atoms with E-state index < -0.39 is 5.97 Å². The van der Waals surface area contributed by atoms with E-state index in [-0.39, 0.29) is 17.7 Å². The molecular formula is C27H28FN3O3. The Balaban J connectivity index is 1.66. The molecule has 2 aliphatic rings. The summed E-state index contributed by atoms with van der Waals surface area (Å²) < 4.78 is 22.2. The highest BCUT2D eigenvalue weighted by Gasteiger charge is 2.37. The number of aryl methyl sites for hydroxylation is 1. The molecule has 4 aromatic rings. The van der Waals surface area contributed by atoms with Gasteiger partial charge in [-0.3, -0.25) is 9.89 Å². The lowest BCUT2D eigenvalue weighted by Crippen LogP contribution is -2.19. The number of nitrogens with one attached hydrogen (secondary N) is 1. The molecule has 0 spiro atoms. The number of H-pyrrole nitrogens is 1. The van der Waals surface area contributed by atoms with Gasteiger partial charge in [-0.15, -0.1) is 0 Å². The maximum atomic E-state index is 14.2. The molecule has 2 atom stereocenters. The Labute approximate surface area is 196 Å². The molecule has 1 unspecified atom stereocenters. The van der Waals surface area contributed by atoms with Gasteiger partial charge in [0.05, 0.1) is 23.1 Å². The van der Waals surface area contributed by atoms with Crippen molar-refractivity contribution in [2.75, 3.05) is 13.2 Å². The third-order valence-corrected chi connectivity index (χ3v) is 7.80. The van der Waals surface area contributed by atoms with Gasteiger partial charge < -0.3 is 14.4 Å². The SMILES string of the molecule is Cc1cc(-n2c(C3CCOCC3)c(C3CC[C@@H](C(=O)O)C3)c3cc4[nH]ncc4cc32)ccc1F. The van der Waals surface area contributed by atoms with E-state index in [2.05, 4.69) is 26.9 Å². The van der Waals surface area contributed by atoms with Crippen LogP contribution in [0.1, 0.15) is 60.8 Å². The highest BCUT2D eigenvalue weighted by atomic mass is 19.1. The van der Waals surface area contributed by atoms with E-state index in [9.17, 15) is 14.3 Å². The van der Waals surface area contributed by atoms with Crippen LogP contribution in [0.25, 0.3) is 27.5 Å². The van der Waals surface area contributed by atoms with Gasteiger partial charge in [-0.2, -0.15) is 5.10 Å². The fraction of sp³-hybridized carbons (Fsp3) is 0.407. The van der Waals surface area contributed by atoms with Gasteiger partial charge in [0.2, 0.25) is 0 Å². The lowest BCUT2D eigenvalue weighted by molar-refractivity contribution is -0.141. The number of carboxylic acids is 1. The molecule has 6 rings (SSSR count). The van der Waals surface area contributed by atoms with Gasteiger partial charge in [-0.1, -0.05) is 0 Å². The number of hydrogen-bond donors (Lipinski definition) is 2. The van der Waals surface area contributed by atoms with Crippen LogP contribution in [0.3, 0.4) is 0 Å². The number of aromatic nitrogens is 3. The Morgan fingerprint density at radius 1 is 1.15 bits per heavy atom. The zero-order valence-corrected chi connectivity index (χ0v) is 19.2. The average Bonchev–Trinajstić information content (AvgIpc) is 3.56. The fourth-order valence-electron chi connectivity index (χ4n) is 6.09. The Morgan fingerprint density at radius 3 is 2.71 bits per heavy atom. The molecule has 1 aliphatic heterocycles. The van der Waals surface area contributed by atoms with Gasteiger partial charge in [0, 0.05) is 41.3 Å². The largest absolute Gasteiger partial charge is 0.481 e. The summed E-state index contributed by atoms with van der Waals surface area (Å²) >= 11 is 0. The summed E-state index contributed by atoms with van der Waals surface area (Å²) in [7, 11) is 0. The van der Waals surface area contributed by atoms with Crippen LogP contribution in [-0.4, -0.2) is 39.1 Å². The molecule has 1 saturated carbocycles. The van der Waals surface area contributed by atoms with Crippen molar-refractivity contribution in [3.63, 3.8) is 0 Å². The number of hydrogen-bond acceptors (Lipinski definition) is 3. The maximum absolute atomic E-state index is 14.2. The summed E-state index contributed by atoms with van der Waals surface area (Å²) in [6.45, 7) is 3.21. The molecule has 0 amide bonds. The minimum atomic E-state index is -0.705. The molecule has 2 fully saturated rings. The molecular weight excluding hydrogens is 433 g/mol. The van der Waals surface area contributed by atoms with Crippen LogP contribution in [0.15, 0.2) is 36.5 Å². The second kappa shape index (κ2) is 8.24. The highest BCUT2D eigenvalue weighted by Crippen LogP contribution is 2.48. The van der Waals surface area contributed by atoms with Crippen molar-refractivity contribution in [2.24, 2.45) is 5.92 Å². The lowest BCUT2D eigenvalue weighted by atomic mass is 9.86. The molecule has 7 heteroatoms. The van der Waals surface area contributed by atoms with Crippen molar-refractivity contribution >= 4 is 27.8 Å². The number of carbonyl (C=O) groups is 1. The summed E-state index contributed by atoms with van der Waals surface area (Å²) in [4.78, 5) is 11.8. The van der Waals surface area contributed by atoms with E-state index in [0.717, 1.165) is 46.8 Å². The smallest absolute Gasteiger partial charge is 0.306 e. The summed E-state index contributed by atoms with van der Waals surface area (Å²) in [6.07, 6.45) is 5.85. The fourth-order valence-corrected chi connectivity index (χ4v) is 6.09. The van der Waals surface area contributed by atoms with E-state index in [1.807, 2.05) is 18.3 Å². The van der Waals surface area contributed by atoms with E-state index in [4.69, 9.17) is 4.74 Å². The Hall–Kier alpha value is -3.19. The van der Waals surface area contributed by atoms with Gasteiger partial charge in [-0.25, -0.2) is 4.39 Å². The molecule has 2 N–H and O–H groups in total. The number of halogens is 1. The quantitative estimate of drug-likeness (QED) is 0.402. The standard InChI is InChI=1S/C27H28FN3O3/c1-15-10-20(4-5-22(15)28)31-24-12-19-14-29-30-23(19)13-21(24)25(17-2-3-18(11-17)27(32)33)26(31)16-6-8-34-9-7-16/h4-5,10,12-14,16-18H,2-3,6-9,11H2,1H3,(H,29,30)(H,32,33)/t17?,18-/m1/s1. The number of ether oxygens (including phenoxy) is 1. The minimum absolute atomic E-state index is 0.171. The van der Waals surface area contributed by atoms with Crippen LogP contribution >= 0.6 is 0 Å². The van der Waals surface area contributed by atoms with E-state index in [1.165, 1.54) is 17.3 Å². The van der Waals surface area contributed by atoms with Gasteiger partial charge >= 0.3 is 5.97 Å². The molecule has 34 heavy (non-hydrogen) atoms. The van der Waals surface area contributed by atoms with Crippen molar-refractivity contribution in [1.82, 2.24) is 14.8 Å². The Morgan fingerprint density at radius 2 is 1.97 bits per heavy atom. The number of benzene rings is 2. The number of aliphatic carboxylic acids is 1. The summed E-state index contributed by atoms with van der Waals surface area (Å²) in [5.41, 5.74) is 6.06. The van der Waals surface area contributed by atoms with Crippen LogP contribution in [0.2, 0.25) is 0 Å². The molecule has 1 saturated heterocycles. The highest BCUT2D eigenvalue weighted by molar-refractivity contribution is 5.99. The summed E-state index contributed by atoms with van der Waals surface area (Å²) in [5.74, 6) is -0.768. The van der Waals surface area contributed by atoms with Crippen LogP contribution in [-0.2, 0) is 9.53 Å². The second-order valence-corrected chi connectivity index (χ2v) is 9.83. The van der Waals surface area contributed by atoms with Gasteiger partial charge in [-0.05, 0) is 86.4 Å². The number of aromatic amines is 1. The summed E-state index contributed by atoms with van der Waals surface area (Å²) in [5, 5.41) is 19.2. The van der Waals surface area contributed by atoms with Crippen LogP contribution in [0, 0.1) is 18.7 Å². The zero-order chi connectivity index (χ0) is 23.4. The first-order valence-electron chi connectivity index (χ1n) is 12.1. The lowest BCUT2D eigenvalue weighted by Gasteiger charge is -2.27. The normalized spacial score (nSPS) is 21.6. The van der Waals surface area contributed by atoms with Crippen LogP contribution in [0.5, 0.6) is 0 Å². The molecule has 2 aromatic heterocycles. The predicted molar refractivity (Wildman–Crippen MR) is 128 cm³/mol. The van der Waals surface area contributed by atoms with Crippen molar-refractivity contribution < 1.29 is 19.0 Å². The van der Waals surface area contributed by atoms with Crippen LogP contribution in [0.4, 0.5) is 4.39 Å². The third-order valence-electron chi connectivity index (χ3n) is 7.80. The molecule has 0 radical (unpaired) electrons. The van der Waals surface area contributed by atoms with Crippen LogP contribution < -0.4 is 0 Å². The number of carboxylic acid groups (broad SMARTS) is 1. The Bertz CT molecular complexity index is 1400. The van der Waals surface area contributed by atoms with Gasteiger partial charge in [0.25, 0.3) is 0 Å². The topological polar surface area (TPSA) is 80.1 Å². The average molecular weight is 462 g/mol. The molecule has 6 nitrogen and oxygen atoms in total. The molecule has 1 aliphatic carbocycles. The van der Waals surface area contributed by atoms with Crippen molar-refractivity contribution in [2.45, 2.75) is 50.9 Å². The number of nitrogens with zero attached hydrogens (tertiary/aromatic N) is 2. The third kappa shape index (κ3) is 3.41. The molecule has 2 aromatic carbocycles. The van der Waals surface area contributed by atoms with Crippen molar-refractivity contribution in [3.05, 3.63) is 59.2 Å². The van der Waals surface area contributed by atoms with Crippen molar-refractivity contribution in [3.8, 4) is 5.69 Å². The first-order chi connectivity index (χ1) is 16.5. The molecule has 176 valence electrons. The summed E-state index contributed by atoms with van der Waals surface area (Å²) in [6, 6.07) is 9.62. The van der Waals surface area contributed by atoms with Gasteiger partial charge in [0.15, 0.2) is 0 Å². The first-order valence-corrected chi connectivity index (χ1v) is 12.1. The number of rotatable bonds is 4. The monoisotopic (exact) mass is 461 g/mol. The minimum Gasteiger partial charge on any atom is -0.481 e. The van der Waals surface area contributed by atoms with Gasteiger partial charge in [0.1, 0.15) is 5.82 Å². The van der Waals surface area contributed by atoms with E-state index in [0.29, 0.717) is 37.5 Å². The second-order valence-electron chi connectivity index (χ2n) is 9.83. The van der Waals surface area contributed by atoms with E-state index in [1.54, 1.807) is 6.92 Å². The molecule has 0 bridgehead atoms.